The van der Waals surface area contributed by atoms with E-state index >= 15 is 0 Å². The Kier molecular flexibility index (Phi) is 5.75. The number of ketones is 1. The molecule has 132 valence electrons. The molecule has 0 saturated heterocycles. The van der Waals surface area contributed by atoms with Crippen molar-refractivity contribution in [2.45, 2.75) is 33.1 Å². The van der Waals surface area contributed by atoms with E-state index in [-0.39, 0.29) is 29.9 Å². The molecule has 1 aromatic heterocycles. The largest absolute Gasteiger partial charge is 0.481 e. The fourth-order valence-corrected chi connectivity index (χ4v) is 2.67. The lowest BCUT2D eigenvalue weighted by Crippen LogP contribution is -2.19. The van der Waals surface area contributed by atoms with Crippen molar-refractivity contribution in [3.05, 3.63) is 58.4 Å². The summed E-state index contributed by atoms with van der Waals surface area (Å²) in [6, 6.07) is 6.94. The van der Waals surface area contributed by atoms with Crippen LogP contribution in [0.2, 0.25) is 0 Å². The smallest absolute Gasteiger partial charge is 0.340 e. The average molecular weight is 343 g/mol. The molecule has 0 saturated carbocycles. The Hall–Kier alpha value is -2.89. The molecule has 0 aliphatic carbocycles. The number of aliphatic carboxylic acids is 1. The van der Waals surface area contributed by atoms with Crippen LogP contribution in [0.1, 0.15) is 56.8 Å². The zero-order valence-corrected chi connectivity index (χ0v) is 14.5. The van der Waals surface area contributed by atoms with Gasteiger partial charge in [-0.2, -0.15) is 0 Å². The molecular weight excluding hydrogens is 322 g/mol. The van der Waals surface area contributed by atoms with Gasteiger partial charge in [-0.25, -0.2) is 4.79 Å². The van der Waals surface area contributed by atoms with Gasteiger partial charge >= 0.3 is 11.9 Å². The van der Waals surface area contributed by atoms with E-state index in [1.807, 2.05) is 6.92 Å². The number of ether oxygens (including phenoxy) is 1. The van der Waals surface area contributed by atoms with E-state index in [4.69, 9.17) is 4.74 Å². The number of hydrogen-bond acceptors (Lipinski definition) is 4. The number of benzene rings is 1. The Morgan fingerprint density at radius 2 is 1.80 bits per heavy atom. The molecule has 2 aromatic rings. The van der Waals surface area contributed by atoms with Crippen molar-refractivity contribution < 1.29 is 24.2 Å². The summed E-state index contributed by atoms with van der Waals surface area (Å²) in [5, 5.41) is 9.59. The highest BCUT2D eigenvalue weighted by Crippen LogP contribution is 2.28. The van der Waals surface area contributed by atoms with E-state index in [1.54, 1.807) is 38.1 Å². The molecule has 2 rings (SSSR count). The summed E-state index contributed by atoms with van der Waals surface area (Å²) in [6.45, 7) is 5.43. The molecule has 1 aromatic carbocycles. The number of rotatable bonds is 7. The van der Waals surface area contributed by atoms with Crippen LogP contribution in [0, 0.1) is 13.8 Å². The van der Waals surface area contributed by atoms with Crippen LogP contribution < -0.4 is 0 Å². The first kappa shape index (κ1) is 18.4. The number of Topliss-reactive ketones (excluding diaryl/α,β-unsaturated/α-hetero) is 1. The molecule has 0 aliphatic rings. The van der Waals surface area contributed by atoms with Crippen LogP contribution in [-0.2, 0) is 9.53 Å². The van der Waals surface area contributed by atoms with Gasteiger partial charge in [-0.05, 0) is 26.3 Å². The topological polar surface area (TPSA) is 96.5 Å². The molecule has 25 heavy (non-hydrogen) atoms. The molecule has 0 spiro atoms. The fourth-order valence-electron chi connectivity index (χ4n) is 2.67. The number of aromatic nitrogens is 1. The Morgan fingerprint density at radius 3 is 2.36 bits per heavy atom. The Labute approximate surface area is 145 Å². The summed E-state index contributed by atoms with van der Waals surface area (Å²) < 4.78 is 5.00. The van der Waals surface area contributed by atoms with Crippen molar-refractivity contribution in [3.63, 3.8) is 0 Å². The summed E-state index contributed by atoms with van der Waals surface area (Å²) >= 11 is 0. The van der Waals surface area contributed by atoms with Gasteiger partial charge in [0.05, 0.1) is 18.1 Å². The minimum absolute atomic E-state index is 0.183. The third kappa shape index (κ3) is 4.15. The molecule has 6 nitrogen and oxygen atoms in total. The molecule has 1 atom stereocenters. The summed E-state index contributed by atoms with van der Waals surface area (Å²) in [4.78, 5) is 39.2. The highest BCUT2D eigenvalue weighted by atomic mass is 16.5. The summed E-state index contributed by atoms with van der Waals surface area (Å²) in [5.41, 5.74) is 2.43. The maximum Gasteiger partial charge on any atom is 0.340 e. The Morgan fingerprint density at radius 1 is 1.16 bits per heavy atom. The first-order valence-electron chi connectivity index (χ1n) is 8.02. The van der Waals surface area contributed by atoms with Crippen molar-refractivity contribution in [3.8, 4) is 0 Å². The lowest BCUT2D eigenvalue weighted by Gasteiger charge is -2.13. The summed E-state index contributed by atoms with van der Waals surface area (Å²) in [5.74, 6) is -3.17. The third-order valence-electron chi connectivity index (χ3n) is 4.02. The highest BCUT2D eigenvalue weighted by Gasteiger charge is 2.30. The quantitative estimate of drug-likeness (QED) is 0.594. The number of H-pyrrole nitrogens is 1. The second-order valence-corrected chi connectivity index (χ2v) is 5.85. The van der Waals surface area contributed by atoms with Crippen molar-refractivity contribution in [1.29, 1.82) is 0 Å². The van der Waals surface area contributed by atoms with E-state index in [0.717, 1.165) is 5.56 Å². The fraction of sp³-hybridized carbons (Fsp3) is 0.316. The monoisotopic (exact) mass is 343 g/mol. The van der Waals surface area contributed by atoms with Gasteiger partial charge in [0, 0.05) is 23.9 Å². The van der Waals surface area contributed by atoms with Gasteiger partial charge in [0.2, 0.25) is 0 Å². The summed E-state index contributed by atoms with van der Waals surface area (Å²) in [6.07, 6.45) is 1.23. The molecule has 0 amide bonds. The average Bonchev–Trinajstić information content (AvgIpc) is 2.94. The van der Waals surface area contributed by atoms with Crippen molar-refractivity contribution in [2.24, 2.45) is 0 Å². The minimum atomic E-state index is -1.16. The van der Waals surface area contributed by atoms with Gasteiger partial charge in [-0.1, -0.05) is 29.8 Å². The normalized spacial score (nSPS) is 11.8. The lowest BCUT2D eigenvalue weighted by atomic mass is 9.90. The van der Waals surface area contributed by atoms with E-state index in [0.29, 0.717) is 11.3 Å². The number of aromatic amines is 1. The second kappa shape index (κ2) is 7.79. The minimum Gasteiger partial charge on any atom is -0.481 e. The van der Waals surface area contributed by atoms with Crippen LogP contribution in [0.3, 0.4) is 0 Å². The van der Waals surface area contributed by atoms with Crippen LogP contribution in [0.4, 0.5) is 0 Å². The molecule has 6 heteroatoms. The maximum atomic E-state index is 12.5. The van der Waals surface area contributed by atoms with Gasteiger partial charge in [0.15, 0.2) is 5.78 Å². The Bertz CT molecular complexity index is 789. The maximum absolute atomic E-state index is 12.5. The van der Waals surface area contributed by atoms with E-state index in [2.05, 4.69) is 4.98 Å². The van der Waals surface area contributed by atoms with Crippen LogP contribution in [0.15, 0.2) is 30.5 Å². The molecular formula is C19H21NO5. The van der Waals surface area contributed by atoms with Gasteiger partial charge in [-0.3, -0.25) is 9.59 Å². The zero-order valence-electron chi connectivity index (χ0n) is 14.5. The highest BCUT2D eigenvalue weighted by molar-refractivity contribution is 6.00. The zero-order chi connectivity index (χ0) is 18.6. The SMILES string of the molecule is CCOC(=O)c1c([C@@H](CC(=O)c2ccc(C)cc2)C(=O)O)c[nH]c1C. The standard InChI is InChI=1S/C19H21NO5/c1-4-25-19(24)17-12(3)20-10-15(17)14(18(22)23)9-16(21)13-7-5-11(2)6-8-13/h5-8,10,14,20H,4,9H2,1-3H3,(H,22,23)/t14-/m1/s1. The molecule has 2 N–H and O–H groups in total. The van der Waals surface area contributed by atoms with E-state index in [9.17, 15) is 19.5 Å². The van der Waals surface area contributed by atoms with Gasteiger partial charge in [0.1, 0.15) is 0 Å². The predicted molar refractivity (Wildman–Crippen MR) is 92.0 cm³/mol. The van der Waals surface area contributed by atoms with Gasteiger partial charge < -0.3 is 14.8 Å². The lowest BCUT2D eigenvalue weighted by molar-refractivity contribution is -0.138. The second-order valence-electron chi connectivity index (χ2n) is 5.85. The van der Waals surface area contributed by atoms with Crippen LogP contribution in [0.5, 0.6) is 0 Å². The number of hydrogen-bond donors (Lipinski definition) is 2. The molecule has 0 bridgehead atoms. The number of carbonyl (C=O) groups is 3. The number of carbonyl (C=O) groups excluding carboxylic acids is 2. The van der Waals surface area contributed by atoms with Crippen molar-refractivity contribution in [1.82, 2.24) is 4.98 Å². The van der Waals surface area contributed by atoms with Gasteiger partial charge in [-0.15, -0.1) is 0 Å². The van der Waals surface area contributed by atoms with E-state index < -0.39 is 17.9 Å². The van der Waals surface area contributed by atoms with Crippen LogP contribution >= 0.6 is 0 Å². The van der Waals surface area contributed by atoms with Crippen LogP contribution in [-0.4, -0.2) is 34.4 Å². The van der Waals surface area contributed by atoms with Gasteiger partial charge in [0.25, 0.3) is 0 Å². The predicted octanol–water partition coefficient (Wildman–Crippen LogP) is 3.25. The van der Waals surface area contributed by atoms with E-state index in [1.165, 1.54) is 6.20 Å². The molecule has 0 fully saturated rings. The molecule has 0 radical (unpaired) electrons. The number of esters is 1. The third-order valence-corrected chi connectivity index (χ3v) is 4.02. The molecule has 0 aliphatic heterocycles. The first-order valence-corrected chi connectivity index (χ1v) is 8.02. The van der Waals surface area contributed by atoms with Crippen molar-refractivity contribution in [2.75, 3.05) is 6.61 Å². The molecule has 1 heterocycles. The number of nitrogens with one attached hydrogen (secondary N) is 1. The van der Waals surface area contributed by atoms with Crippen molar-refractivity contribution >= 4 is 17.7 Å². The van der Waals surface area contributed by atoms with Crippen LogP contribution in [0.25, 0.3) is 0 Å². The molecule has 0 unspecified atom stereocenters. The summed E-state index contributed by atoms with van der Waals surface area (Å²) in [7, 11) is 0. The number of carboxylic acids is 1. The number of carboxylic acid groups (broad SMARTS) is 1. The Balaban J connectivity index is 2.33. The number of aryl methyl sites for hydroxylation is 2. The first-order chi connectivity index (χ1) is 11.8.